The van der Waals surface area contributed by atoms with E-state index in [2.05, 4.69) is 15.1 Å². The van der Waals surface area contributed by atoms with E-state index in [1.54, 1.807) is 18.5 Å². The summed E-state index contributed by atoms with van der Waals surface area (Å²) in [6.07, 6.45) is 11.3. The highest BCUT2D eigenvalue weighted by molar-refractivity contribution is 6.02. The van der Waals surface area contributed by atoms with E-state index in [1.807, 2.05) is 28.1 Å². The molecule has 0 spiro atoms. The summed E-state index contributed by atoms with van der Waals surface area (Å²) in [4.78, 5) is 23.1. The molecule has 1 aliphatic heterocycles. The lowest BCUT2D eigenvalue weighted by Gasteiger charge is -2.35. The van der Waals surface area contributed by atoms with Crippen LogP contribution in [0.4, 0.5) is 0 Å². The molecule has 1 saturated heterocycles. The molecule has 0 saturated carbocycles. The number of likely N-dealkylation sites (tertiary alicyclic amines) is 1. The fourth-order valence-corrected chi connectivity index (χ4v) is 3.35. The lowest BCUT2D eigenvalue weighted by Crippen LogP contribution is -2.44. The Balaban J connectivity index is 1.54. The van der Waals surface area contributed by atoms with E-state index in [0.717, 1.165) is 38.8 Å². The average molecular weight is 325 g/mol. The van der Waals surface area contributed by atoms with Gasteiger partial charge in [0.25, 0.3) is 5.91 Å². The van der Waals surface area contributed by atoms with Crippen LogP contribution in [0.1, 0.15) is 36.2 Å². The molecule has 4 heterocycles. The molecule has 7 heteroatoms. The van der Waals surface area contributed by atoms with Crippen molar-refractivity contribution in [1.82, 2.24) is 24.6 Å². The minimum atomic E-state index is -0.0826. The summed E-state index contributed by atoms with van der Waals surface area (Å²) < 4.78 is 7.36. The summed E-state index contributed by atoms with van der Waals surface area (Å²) >= 11 is 0. The number of carbonyl (C=O) groups is 1. The molecule has 124 valence electrons. The van der Waals surface area contributed by atoms with Gasteiger partial charge in [0, 0.05) is 37.7 Å². The number of hydrogen-bond donors (Lipinski definition) is 0. The molecule has 1 unspecified atom stereocenters. The molecule has 1 amide bonds. The van der Waals surface area contributed by atoms with Gasteiger partial charge in [-0.25, -0.2) is 9.97 Å². The van der Waals surface area contributed by atoms with Gasteiger partial charge in [-0.1, -0.05) is 5.16 Å². The second-order valence-electron chi connectivity index (χ2n) is 6.12. The molecule has 3 aromatic heterocycles. The Kier molecular flexibility index (Phi) is 3.98. The van der Waals surface area contributed by atoms with Crippen molar-refractivity contribution < 1.29 is 9.32 Å². The van der Waals surface area contributed by atoms with Crippen molar-refractivity contribution in [2.24, 2.45) is 0 Å². The van der Waals surface area contributed by atoms with E-state index >= 15 is 0 Å². The summed E-state index contributed by atoms with van der Waals surface area (Å²) in [5.74, 6) is 0.216. The molecular weight excluding hydrogens is 306 g/mol. The van der Waals surface area contributed by atoms with E-state index in [9.17, 15) is 4.79 Å². The summed E-state index contributed by atoms with van der Waals surface area (Å²) in [5.41, 5.74) is 0.479. The van der Waals surface area contributed by atoms with Crippen LogP contribution in [0.3, 0.4) is 0 Å². The SMILES string of the molecule is O=C(c1onc2ncccc12)N1CCCCC1CCn1ccnc1. The Hall–Kier alpha value is -2.70. The van der Waals surface area contributed by atoms with Crippen molar-refractivity contribution in [3.8, 4) is 0 Å². The summed E-state index contributed by atoms with van der Waals surface area (Å²) in [5, 5.41) is 4.58. The number of imidazole rings is 1. The first kappa shape index (κ1) is 14.9. The van der Waals surface area contributed by atoms with Gasteiger partial charge >= 0.3 is 0 Å². The van der Waals surface area contributed by atoms with Crippen molar-refractivity contribution in [3.63, 3.8) is 0 Å². The second-order valence-corrected chi connectivity index (χ2v) is 6.12. The molecule has 0 aromatic carbocycles. The number of carbonyl (C=O) groups excluding carboxylic acids is 1. The van der Waals surface area contributed by atoms with Gasteiger partial charge < -0.3 is 14.0 Å². The highest BCUT2D eigenvalue weighted by Gasteiger charge is 2.30. The Labute approximate surface area is 139 Å². The first-order chi connectivity index (χ1) is 11.8. The Morgan fingerprint density at radius 3 is 3.17 bits per heavy atom. The number of rotatable bonds is 4. The molecule has 0 bridgehead atoms. The van der Waals surface area contributed by atoms with Crippen molar-refractivity contribution in [1.29, 1.82) is 0 Å². The maximum Gasteiger partial charge on any atom is 0.293 e. The highest BCUT2D eigenvalue weighted by atomic mass is 16.5. The van der Waals surface area contributed by atoms with Gasteiger partial charge in [0.1, 0.15) is 0 Å². The highest BCUT2D eigenvalue weighted by Crippen LogP contribution is 2.25. The zero-order valence-corrected chi connectivity index (χ0v) is 13.3. The number of amides is 1. The zero-order chi connectivity index (χ0) is 16.4. The smallest absolute Gasteiger partial charge is 0.293 e. The van der Waals surface area contributed by atoms with Crippen LogP contribution in [-0.4, -0.2) is 43.1 Å². The number of hydrogen-bond acceptors (Lipinski definition) is 5. The number of piperidine rings is 1. The third-order valence-electron chi connectivity index (χ3n) is 4.62. The first-order valence-electron chi connectivity index (χ1n) is 8.30. The Morgan fingerprint density at radius 2 is 2.29 bits per heavy atom. The van der Waals surface area contributed by atoms with Crippen LogP contribution < -0.4 is 0 Å². The van der Waals surface area contributed by atoms with Crippen LogP contribution in [-0.2, 0) is 6.54 Å². The molecule has 24 heavy (non-hydrogen) atoms. The van der Waals surface area contributed by atoms with Crippen molar-refractivity contribution >= 4 is 16.9 Å². The van der Waals surface area contributed by atoms with Crippen molar-refractivity contribution in [3.05, 3.63) is 42.8 Å². The van der Waals surface area contributed by atoms with Crippen LogP contribution in [0.2, 0.25) is 0 Å². The van der Waals surface area contributed by atoms with E-state index in [0.29, 0.717) is 16.8 Å². The number of fused-ring (bicyclic) bond motifs is 1. The number of aromatic nitrogens is 4. The van der Waals surface area contributed by atoms with Crippen LogP contribution in [0.15, 0.2) is 41.6 Å². The fourth-order valence-electron chi connectivity index (χ4n) is 3.35. The van der Waals surface area contributed by atoms with Gasteiger partial charge in [-0.2, -0.15) is 0 Å². The third kappa shape index (κ3) is 2.77. The lowest BCUT2D eigenvalue weighted by molar-refractivity contribution is 0.0556. The molecule has 1 aliphatic rings. The maximum absolute atomic E-state index is 13.0. The van der Waals surface area contributed by atoms with Crippen LogP contribution in [0, 0.1) is 0 Å². The minimum absolute atomic E-state index is 0.0826. The Morgan fingerprint density at radius 1 is 1.33 bits per heavy atom. The van der Waals surface area contributed by atoms with E-state index in [1.165, 1.54) is 0 Å². The molecule has 1 fully saturated rings. The predicted molar refractivity (Wildman–Crippen MR) is 87.3 cm³/mol. The normalized spacial score (nSPS) is 18.2. The first-order valence-corrected chi connectivity index (χ1v) is 8.30. The molecular formula is C17H19N5O2. The summed E-state index contributed by atoms with van der Waals surface area (Å²) in [7, 11) is 0. The third-order valence-corrected chi connectivity index (χ3v) is 4.62. The number of pyridine rings is 1. The van der Waals surface area contributed by atoms with E-state index < -0.39 is 0 Å². The number of aryl methyl sites for hydroxylation is 1. The van der Waals surface area contributed by atoms with Crippen LogP contribution >= 0.6 is 0 Å². The molecule has 3 aromatic rings. The maximum atomic E-state index is 13.0. The average Bonchev–Trinajstić information content (AvgIpc) is 3.29. The molecule has 0 radical (unpaired) electrons. The van der Waals surface area contributed by atoms with Crippen LogP contribution in [0.25, 0.3) is 11.0 Å². The second kappa shape index (κ2) is 6.43. The Bertz CT molecular complexity index is 827. The molecule has 0 aliphatic carbocycles. The van der Waals surface area contributed by atoms with E-state index in [4.69, 9.17) is 4.52 Å². The van der Waals surface area contributed by atoms with Gasteiger partial charge in [-0.05, 0) is 37.8 Å². The molecule has 7 nitrogen and oxygen atoms in total. The van der Waals surface area contributed by atoms with Crippen molar-refractivity contribution in [2.45, 2.75) is 38.3 Å². The fraction of sp³-hybridized carbons (Fsp3) is 0.412. The monoisotopic (exact) mass is 325 g/mol. The molecule has 4 rings (SSSR count). The van der Waals surface area contributed by atoms with E-state index in [-0.39, 0.29) is 11.9 Å². The van der Waals surface area contributed by atoms with Gasteiger partial charge in [-0.3, -0.25) is 4.79 Å². The van der Waals surface area contributed by atoms with Crippen LogP contribution in [0.5, 0.6) is 0 Å². The minimum Gasteiger partial charge on any atom is -0.348 e. The molecule has 0 N–H and O–H groups in total. The molecule has 1 atom stereocenters. The van der Waals surface area contributed by atoms with Gasteiger partial charge in [0.05, 0.1) is 11.7 Å². The standard InChI is InChI=1S/C17H19N5O2/c23-17(15-14-5-3-7-19-16(14)20-24-15)22-9-2-1-4-13(22)6-10-21-11-8-18-12-21/h3,5,7-8,11-13H,1-2,4,6,9-10H2. The quantitative estimate of drug-likeness (QED) is 0.736. The van der Waals surface area contributed by atoms with Gasteiger partial charge in [0.15, 0.2) is 0 Å². The van der Waals surface area contributed by atoms with Gasteiger partial charge in [-0.15, -0.1) is 0 Å². The summed E-state index contributed by atoms with van der Waals surface area (Å²) in [6.45, 7) is 1.61. The summed E-state index contributed by atoms with van der Waals surface area (Å²) in [6, 6.07) is 3.84. The largest absolute Gasteiger partial charge is 0.348 e. The van der Waals surface area contributed by atoms with Gasteiger partial charge in [0.2, 0.25) is 11.4 Å². The lowest BCUT2D eigenvalue weighted by atomic mass is 9.98. The topological polar surface area (TPSA) is 77.0 Å². The number of nitrogens with zero attached hydrogens (tertiary/aromatic N) is 5. The zero-order valence-electron chi connectivity index (χ0n) is 13.3. The predicted octanol–water partition coefficient (Wildman–Crippen LogP) is 2.50. The van der Waals surface area contributed by atoms with Crippen molar-refractivity contribution in [2.75, 3.05) is 6.54 Å².